The van der Waals surface area contributed by atoms with Gasteiger partial charge in [-0.05, 0) is 0 Å². The molecule has 1 heterocycles. The van der Waals surface area contributed by atoms with Crippen LogP contribution < -0.4 is 0 Å². The molecule has 0 aliphatic carbocycles. The topological polar surface area (TPSA) is 0 Å². The van der Waals surface area contributed by atoms with Crippen LogP contribution >= 0.6 is 23.2 Å². The third-order valence-corrected chi connectivity index (χ3v) is 8.39. The molecule has 3 rings (SSSR count). The van der Waals surface area contributed by atoms with Crippen LogP contribution in [0.15, 0.2) is 60.7 Å². The monoisotopic (exact) mass is 396 g/mol. The second kappa shape index (κ2) is 6.41. The molecule has 0 unspecified atom stereocenters. The molecule has 0 fully saturated rings. The van der Waals surface area contributed by atoms with Gasteiger partial charge >= 0.3 is 149 Å². The van der Waals surface area contributed by atoms with E-state index in [0.717, 1.165) is 10.0 Å². The first-order valence-electron chi connectivity index (χ1n) is 7.40. The van der Waals surface area contributed by atoms with Crippen LogP contribution in [0.1, 0.15) is 25.0 Å². The molecule has 0 amide bonds. The van der Waals surface area contributed by atoms with Crippen molar-refractivity contribution in [1.82, 2.24) is 0 Å². The van der Waals surface area contributed by atoms with Crippen molar-refractivity contribution in [2.75, 3.05) is 0 Å². The van der Waals surface area contributed by atoms with Gasteiger partial charge in [-0.15, -0.1) is 0 Å². The van der Waals surface area contributed by atoms with E-state index in [1.54, 1.807) is 0 Å². The predicted octanol–water partition coefficient (Wildman–Crippen LogP) is 5.96. The Morgan fingerprint density at radius 2 is 1.23 bits per heavy atom. The first-order valence-corrected chi connectivity index (χ1v) is 10.0. The van der Waals surface area contributed by atoms with Gasteiger partial charge in [0.15, 0.2) is 0 Å². The van der Waals surface area contributed by atoms with E-state index in [0.29, 0.717) is 25.7 Å². The molecule has 1 aliphatic rings. The molecule has 0 aromatic heterocycles. The molecule has 0 saturated carbocycles. The fraction of sp³-hybridized carbons (Fsp3) is 0.263. The van der Waals surface area contributed by atoms with Gasteiger partial charge < -0.3 is 0 Å². The molecule has 0 saturated heterocycles. The van der Waals surface area contributed by atoms with Crippen LogP contribution in [0.2, 0.25) is 14.9 Å². The molecule has 1 aliphatic heterocycles. The summed E-state index contributed by atoms with van der Waals surface area (Å²) in [5.74, 6) is 0.450. The van der Waals surface area contributed by atoms with E-state index in [4.69, 9.17) is 23.2 Å². The fourth-order valence-corrected chi connectivity index (χ4v) is 6.72. The normalized spacial score (nSPS) is 23.5. The Kier molecular flexibility index (Phi) is 4.71. The number of benzene rings is 2. The summed E-state index contributed by atoms with van der Waals surface area (Å²) in [5.41, 5.74) is 2.70. The quantitative estimate of drug-likeness (QED) is 0.434. The molecule has 3 heteroatoms. The third kappa shape index (κ3) is 2.88. The summed E-state index contributed by atoms with van der Waals surface area (Å²) in [4.78, 5) is 0.607. The van der Waals surface area contributed by atoms with Gasteiger partial charge in [0.25, 0.3) is 0 Å². The molecule has 114 valence electrons. The van der Waals surface area contributed by atoms with Crippen LogP contribution in [-0.4, -0.2) is 15.0 Å². The van der Waals surface area contributed by atoms with Crippen molar-refractivity contribution in [3.05, 3.63) is 81.9 Å². The van der Waals surface area contributed by atoms with Crippen molar-refractivity contribution in [3.63, 3.8) is 0 Å². The average molecular weight is 396 g/mol. The summed E-state index contributed by atoms with van der Waals surface area (Å²) in [6.45, 7) is 4.62. The van der Waals surface area contributed by atoms with E-state index >= 15 is 0 Å². The minimum atomic E-state index is 0.0380. The van der Waals surface area contributed by atoms with E-state index in [1.165, 1.54) is 11.1 Å². The van der Waals surface area contributed by atoms with Gasteiger partial charge in [-0.2, -0.15) is 0 Å². The molecular formula is C19H18Cl2Se. The molecule has 2 atom stereocenters. The zero-order chi connectivity index (χ0) is 15.7. The van der Waals surface area contributed by atoms with Crippen LogP contribution in [-0.2, 0) is 4.31 Å². The van der Waals surface area contributed by atoms with Crippen molar-refractivity contribution >= 4 is 38.2 Å². The molecule has 22 heavy (non-hydrogen) atoms. The molecule has 0 radical (unpaired) electrons. The van der Waals surface area contributed by atoms with Gasteiger partial charge in [-0.3, -0.25) is 0 Å². The summed E-state index contributed by atoms with van der Waals surface area (Å²) in [5, 5.41) is 1.57. The summed E-state index contributed by atoms with van der Waals surface area (Å²) < 4.78 is 0.0380. The van der Waals surface area contributed by atoms with Gasteiger partial charge in [0.05, 0.1) is 0 Å². The Morgan fingerprint density at radius 3 is 1.68 bits per heavy atom. The molecular weight excluding hydrogens is 378 g/mol. The van der Waals surface area contributed by atoms with E-state index in [2.05, 4.69) is 50.3 Å². The van der Waals surface area contributed by atoms with Crippen molar-refractivity contribution in [2.45, 2.75) is 23.0 Å². The fourth-order valence-electron chi connectivity index (χ4n) is 3.12. The summed E-state index contributed by atoms with van der Waals surface area (Å²) >= 11 is 12.6. The molecule has 0 nitrogen and oxygen atoms in total. The van der Waals surface area contributed by atoms with Crippen LogP contribution in [0.25, 0.3) is 0 Å². The number of hydrogen-bond donors (Lipinski definition) is 0. The maximum atomic E-state index is 6.10. The van der Waals surface area contributed by atoms with Gasteiger partial charge in [0.2, 0.25) is 0 Å². The Hall–Kier alpha value is -0.721. The Balaban J connectivity index is 2.19. The Bertz CT molecular complexity index is 628. The Labute approximate surface area is 148 Å². The van der Waals surface area contributed by atoms with Crippen molar-refractivity contribution in [2.24, 2.45) is 5.92 Å². The van der Waals surface area contributed by atoms with Crippen LogP contribution in [0, 0.1) is 5.92 Å². The first-order chi connectivity index (χ1) is 10.5. The molecule has 0 spiro atoms. The van der Waals surface area contributed by atoms with E-state index in [-0.39, 0.29) is 4.31 Å². The number of allylic oxidation sites excluding steroid dienone is 2. The van der Waals surface area contributed by atoms with Crippen molar-refractivity contribution in [3.8, 4) is 0 Å². The molecule has 0 N–H and O–H groups in total. The van der Waals surface area contributed by atoms with Gasteiger partial charge in [-0.1, -0.05) is 0 Å². The van der Waals surface area contributed by atoms with Gasteiger partial charge in [0, 0.05) is 0 Å². The van der Waals surface area contributed by atoms with E-state index in [1.807, 2.05) is 24.3 Å². The van der Waals surface area contributed by atoms with Gasteiger partial charge in [0.1, 0.15) is 0 Å². The summed E-state index contributed by atoms with van der Waals surface area (Å²) in [6, 6.07) is 16.7. The van der Waals surface area contributed by atoms with Crippen LogP contribution in [0.5, 0.6) is 0 Å². The first kappa shape index (κ1) is 16.1. The molecule has 2 aromatic rings. The van der Waals surface area contributed by atoms with Crippen LogP contribution in [0.4, 0.5) is 0 Å². The average Bonchev–Trinajstić information content (AvgIpc) is 2.51. The van der Waals surface area contributed by atoms with Crippen molar-refractivity contribution in [1.29, 1.82) is 0 Å². The maximum absolute atomic E-state index is 6.10. The van der Waals surface area contributed by atoms with E-state index < -0.39 is 0 Å². The van der Waals surface area contributed by atoms with E-state index in [9.17, 15) is 0 Å². The minimum absolute atomic E-state index is 0.0380. The van der Waals surface area contributed by atoms with Crippen LogP contribution in [0.3, 0.4) is 0 Å². The van der Waals surface area contributed by atoms with Gasteiger partial charge in [-0.25, -0.2) is 0 Å². The second-order valence-corrected chi connectivity index (χ2v) is 10.0. The standard InChI is InChI=1S/C19H18Cl2Se/c1-13-3-4-14(2)22-19(13,15-5-9-17(20)10-6-15)16-7-11-18(21)12-8-16/h3-14H,1-2H3/t13-,14+/m0/s1. The Morgan fingerprint density at radius 1 is 0.773 bits per heavy atom. The second-order valence-electron chi connectivity index (χ2n) is 5.75. The zero-order valence-corrected chi connectivity index (χ0v) is 15.8. The zero-order valence-electron chi connectivity index (χ0n) is 12.6. The molecule has 2 aromatic carbocycles. The van der Waals surface area contributed by atoms with Crippen molar-refractivity contribution < 1.29 is 0 Å². The number of halogens is 2. The number of rotatable bonds is 2. The third-order valence-electron chi connectivity index (χ3n) is 4.23. The predicted molar refractivity (Wildman–Crippen MR) is 97.2 cm³/mol. The SMILES string of the molecule is C[C@@H]1C=C[C@H](C)C(c2ccc(Cl)cc2)(c2ccc(Cl)cc2)[Se]1. The number of hydrogen-bond acceptors (Lipinski definition) is 0. The summed E-state index contributed by atoms with van der Waals surface area (Å²) in [7, 11) is 0. The molecule has 0 bridgehead atoms. The summed E-state index contributed by atoms with van der Waals surface area (Å²) in [6.07, 6.45) is 4.72.